The maximum atomic E-state index is 14.0. The zero-order valence-electron chi connectivity index (χ0n) is 38.3. The van der Waals surface area contributed by atoms with Crippen LogP contribution in [0.25, 0.3) is 0 Å². The molecule has 10 atom stereocenters. The zero-order chi connectivity index (χ0) is 48.7. The first kappa shape index (κ1) is 52.8. The molecule has 0 saturated carbocycles. The average molecular weight is 985 g/mol. The summed E-state index contributed by atoms with van der Waals surface area (Å²) in [5.41, 5.74) is 1.38. The van der Waals surface area contributed by atoms with Gasteiger partial charge in [0.15, 0.2) is 0 Å². The molecule has 4 aromatic carbocycles. The van der Waals surface area contributed by atoms with Crippen molar-refractivity contribution in [3.63, 3.8) is 0 Å². The van der Waals surface area contributed by atoms with Crippen LogP contribution in [-0.4, -0.2) is 78.3 Å². The van der Waals surface area contributed by atoms with Gasteiger partial charge in [0.2, 0.25) is 11.8 Å². The molecule has 2 saturated heterocycles. The van der Waals surface area contributed by atoms with E-state index in [2.05, 4.69) is 0 Å². The molecule has 2 amide bonds. The Bertz CT molecular complexity index is 2150. The summed E-state index contributed by atoms with van der Waals surface area (Å²) in [4.78, 5) is 55.1. The van der Waals surface area contributed by atoms with Crippen LogP contribution in [0.1, 0.15) is 139 Å². The van der Waals surface area contributed by atoms with Crippen molar-refractivity contribution >= 4 is 70.2 Å². The van der Waals surface area contributed by atoms with E-state index in [9.17, 15) is 39.6 Å². The van der Waals surface area contributed by atoms with Gasteiger partial charge >= 0.3 is 11.9 Å². The van der Waals surface area contributed by atoms with Crippen LogP contribution in [0.15, 0.2) is 97.1 Å². The molecule has 6 rings (SSSR count). The molecule has 4 N–H and O–H groups in total. The van der Waals surface area contributed by atoms with Crippen molar-refractivity contribution in [2.75, 3.05) is 0 Å². The van der Waals surface area contributed by atoms with Crippen LogP contribution in [0.3, 0.4) is 0 Å². The van der Waals surface area contributed by atoms with Crippen molar-refractivity contribution < 1.29 is 39.6 Å². The second kappa shape index (κ2) is 22.8. The first-order valence-electron chi connectivity index (χ1n) is 22.7. The highest BCUT2D eigenvalue weighted by Crippen LogP contribution is 2.54. The fourth-order valence-corrected chi connectivity index (χ4v) is 11.0. The summed E-state index contributed by atoms with van der Waals surface area (Å²) in [5, 5.41) is 43.4. The highest BCUT2D eigenvalue weighted by atomic mass is 35.5. The molecule has 0 spiro atoms. The van der Waals surface area contributed by atoms with Crippen molar-refractivity contribution in [3.8, 4) is 0 Å². The van der Waals surface area contributed by atoms with E-state index in [1.807, 2.05) is 88.4 Å². The Kier molecular flexibility index (Phi) is 18.2. The molecule has 14 heteroatoms. The lowest BCUT2D eigenvalue weighted by molar-refractivity contribution is -0.163. The minimum Gasteiger partial charge on any atom is -0.481 e. The van der Waals surface area contributed by atoms with E-state index in [1.165, 1.54) is 0 Å². The monoisotopic (exact) mass is 982 g/mol. The number of rotatable bonds is 16. The molecular formula is C52H62Cl4N2O8. The Hall–Kier alpha value is -4.16. The number of halogens is 4. The second-order valence-electron chi connectivity index (χ2n) is 18.3. The normalized spacial score (nSPS) is 25.0. The molecule has 2 aliphatic rings. The number of aliphatic hydroxyl groups is 2. The molecular weight excluding hydrogens is 922 g/mol. The van der Waals surface area contributed by atoms with Gasteiger partial charge in [-0.3, -0.25) is 19.2 Å². The summed E-state index contributed by atoms with van der Waals surface area (Å²) >= 11 is 25.0. The number of piperidine rings is 2. The minimum atomic E-state index is -1.12. The molecule has 2 aliphatic heterocycles. The predicted octanol–water partition coefficient (Wildman–Crippen LogP) is 12.2. The molecule has 2 heterocycles. The largest absolute Gasteiger partial charge is 0.481 e. The van der Waals surface area contributed by atoms with Crippen LogP contribution in [-0.2, 0) is 19.2 Å². The van der Waals surface area contributed by atoms with E-state index < -0.39 is 59.1 Å². The summed E-state index contributed by atoms with van der Waals surface area (Å²) < 4.78 is 0. The topological polar surface area (TPSA) is 156 Å². The number of carboxylic acids is 2. The van der Waals surface area contributed by atoms with Crippen molar-refractivity contribution in [2.24, 2.45) is 10.8 Å². The predicted molar refractivity (Wildman–Crippen MR) is 261 cm³/mol. The van der Waals surface area contributed by atoms with Crippen molar-refractivity contribution in [3.05, 3.63) is 139 Å². The number of hydrogen-bond donors (Lipinski definition) is 4. The van der Waals surface area contributed by atoms with E-state index in [4.69, 9.17) is 46.4 Å². The van der Waals surface area contributed by atoms with Crippen molar-refractivity contribution in [2.45, 2.75) is 141 Å². The number of carboxylic acid groups (broad SMARTS) is 2. The first-order valence-corrected chi connectivity index (χ1v) is 24.2. The van der Waals surface area contributed by atoms with E-state index in [1.54, 1.807) is 60.0 Å². The third-order valence-corrected chi connectivity index (χ3v) is 14.5. The quantitative estimate of drug-likeness (QED) is 0.0865. The Labute approximate surface area is 408 Å². The summed E-state index contributed by atoms with van der Waals surface area (Å²) in [5.74, 6) is -2.98. The van der Waals surface area contributed by atoms with Gasteiger partial charge in [0.1, 0.15) is 0 Å². The Balaban J connectivity index is 0.000000247. The van der Waals surface area contributed by atoms with E-state index in [0.717, 1.165) is 22.3 Å². The van der Waals surface area contributed by atoms with Gasteiger partial charge in [-0.2, -0.15) is 0 Å². The molecule has 0 radical (unpaired) electrons. The van der Waals surface area contributed by atoms with Gasteiger partial charge < -0.3 is 30.2 Å². The summed E-state index contributed by atoms with van der Waals surface area (Å²) in [6, 6.07) is 28.0. The number of carbonyl (C=O) groups excluding carboxylic acids is 2. The maximum Gasteiger partial charge on any atom is 0.304 e. The van der Waals surface area contributed by atoms with Gasteiger partial charge in [-0.05, 0) is 109 Å². The molecule has 0 bridgehead atoms. The molecule has 2 fully saturated rings. The fraction of sp³-hybridized carbons (Fsp3) is 0.462. The van der Waals surface area contributed by atoms with Gasteiger partial charge in [0.05, 0.1) is 60.0 Å². The first-order chi connectivity index (χ1) is 31.2. The third-order valence-electron chi connectivity index (χ3n) is 13.5. The number of nitrogens with zero attached hydrogens (tertiary/aromatic N) is 2. The van der Waals surface area contributed by atoms with Gasteiger partial charge in [0, 0.05) is 31.9 Å². The standard InChI is InChI=1S/2C26H31Cl2NO4/c2*1-4-21(22(30)5-2)29-24(16-9-11-18(27)12-10-16)20(17-7-6-8-19(28)13-17)14-26(3,25(29)33)15-23(31)32/h2*6-13,20-22,24,30H,4-5,14-15H2,1-3H3,(H,31,32)/t20-,21+,22+,24-,26-;20-,21+,22-,24-,26-/m11/s1. The highest BCUT2D eigenvalue weighted by Gasteiger charge is 2.54. The zero-order valence-corrected chi connectivity index (χ0v) is 41.4. The van der Waals surface area contributed by atoms with Gasteiger partial charge in [-0.15, -0.1) is 0 Å². The van der Waals surface area contributed by atoms with Crippen LogP contribution >= 0.6 is 46.4 Å². The molecule has 356 valence electrons. The minimum absolute atomic E-state index is 0.218. The fourth-order valence-electron chi connectivity index (χ4n) is 10.3. The molecule has 0 aliphatic carbocycles. The Morgan fingerprint density at radius 1 is 0.545 bits per heavy atom. The number of amides is 2. The number of aliphatic carboxylic acids is 2. The Morgan fingerprint density at radius 3 is 1.15 bits per heavy atom. The third kappa shape index (κ3) is 11.9. The number of benzene rings is 4. The highest BCUT2D eigenvalue weighted by molar-refractivity contribution is 6.31. The van der Waals surface area contributed by atoms with Crippen LogP contribution in [0, 0.1) is 10.8 Å². The lowest BCUT2D eigenvalue weighted by atomic mass is 9.66. The Morgan fingerprint density at radius 2 is 0.879 bits per heavy atom. The van der Waals surface area contributed by atoms with Crippen LogP contribution in [0.2, 0.25) is 20.1 Å². The number of likely N-dealkylation sites (tertiary alicyclic amines) is 2. The van der Waals surface area contributed by atoms with Crippen molar-refractivity contribution in [1.82, 2.24) is 9.80 Å². The summed E-state index contributed by atoms with van der Waals surface area (Å²) in [6.07, 6.45) is 0.688. The van der Waals surface area contributed by atoms with E-state index in [0.29, 0.717) is 58.6 Å². The molecule has 0 unspecified atom stereocenters. The average Bonchev–Trinajstić information content (AvgIpc) is 3.27. The number of aliphatic hydroxyl groups excluding tert-OH is 2. The lowest BCUT2D eigenvalue weighted by Crippen LogP contribution is -2.58. The second-order valence-corrected chi connectivity index (χ2v) is 20.1. The van der Waals surface area contributed by atoms with E-state index in [-0.39, 0.29) is 36.5 Å². The van der Waals surface area contributed by atoms with Crippen LogP contribution in [0.4, 0.5) is 0 Å². The van der Waals surface area contributed by atoms with E-state index >= 15 is 0 Å². The smallest absolute Gasteiger partial charge is 0.304 e. The molecule has 0 aromatic heterocycles. The molecule has 4 aromatic rings. The SMILES string of the molecule is CC[C@@H](O)[C@H](CC)N1C(=O)[C@@](C)(CC(=O)O)C[C@H](c2cccc(Cl)c2)[C@H]1c1ccc(Cl)cc1.CC[C@H](O)[C@H](CC)N1C(=O)[C@@](C)(CC(=O)O)C[C@H](c2cccc(Cl)c2)[C@H]1c1ccc(Cl)cc1. The number of carbonyl (C=O) groups is 4. The van der Waals surface area contributed by atoms with Crippen molar-refractivity contribution in [1.29, 1.82) is 0 Å². The van der Waals surface area contributed by atoms with Crippen LogP contribution in [0.5, 0.6) is 0 Å². The summed E-state index contributed by atoms with van der Waals surface area (Å²) in [6.45, 7) is 11.1. The lowest BCUT2D eigenvalue weighted by Gasteiger charge is -2.52. The summed E-state index contributed by atoms with van der Waals surface area (Å²) in [7, 11) is 0. The number of hydrogen-bond acceptors (Lipinski definition) is 6. The van der Waals surface area contributed by atoms with Gasteiger partial charge in [0.25, 0.3) is 0 Å². The molecule has 66 heavy (non-hydrogen) atoms. The van der Waals surface area contributed by atoms with Crippen LogP contribution < -0.4 is 0 Å². The molecule has 10 nitrogen and oxygen atoms in total. The van der Waals surface area contributed by atoms with Gasteiger partial charge in [-0.1, -0.05) is 136 Å². The maximum absolute atomic E-state index is 14.0. The van der Waals surface area contributed by atoms with Gasteiger partial charge in [-0.25, -0.2) is 0 Å².